The van der Waals surface area contributed by atoms with Crippen LogP contribution in [0.25, 0.3) is 11.2 Å². The number of hydrogen-bond acceptors (Lipinski definition) is 16. The number of H-pyrrole nitrogens is 1. The number of fused-ring (bicyclic) bond motifs is 4. The van der Waals surface area contributed by atoms with Gasteiger partial charge in [-0.05, 0) is 0 Å². The summed E-state index contributed by atoms with van der Waals surface area (Å²) in [6, 6.07) is 0.938. The van der Waals surface area contributed by atoms with Gasteiger partial charge in [0.05, 0.1) is 26.7 Å². The monoisotopic (exact) mass is 685 g/mol. The molecule has 0 amide bonds. The van der Waals surface area contributed by atoms with Gasteiger partial charge in [0, 0.05) is 12.3 Å². The van der Waals surface area contributed by atoms with Gasteiger partial charge in [0.15, 0.2) is 36.3 Å². The number of imidazole rings is 1. The Morgan fingerprint density at radius 1 is 1.02 bits per heavy atom. The maximum atomic E-state index is 15.9. The van der Waals surface area contributed by atoms with Crippen LogP contribution in [0.4, 0.5) is 14.6 Å². The van der Waals surface area contributed by atoms with Crippen LogP contribution in [-0.4, -0.2) is 86.2 Å². The van der Waals surface area contributed by atoms with Crippen molar-refractivity contribution in [2.24, 2.45) is 0 Å². The number of ether oxygens (including phenoxy) is 2. The lowest BCUT2D eigenvalue weighted by atomic mass is 10.1. The van der Waals surface area contributed by atoms with Crippen molar-refractivity contribution in [3.05, 3.63) is 45.8 Å². The van der Waals surface area contributed by atoms with Crippen molar-refractivity contribution in [2.75, 3.05) is 26.1 Å². The molecule has 6 heterocycles. The van der Waals surface area contributed by atoms with Crippen LogP contribution < -0.4 is 17.0 Å². The number of nitrogens with zero attached hydrogens (tertiary/aromatic N) is 5. The molecule has 3 fully saturated rings. The van der Waals surface area contributed by atoms with Crippen molar-refractivity contribution >= 4 is 43.9 Å². The predicted molar refractivity (Wildman–Crippen MR) is 143 cm³/mol. The SMILES string of the molecule is COOP1(=O)OC[C@H]2O[C@@H](n3ccc(=O)[nH]c3=O)[C@H](F)[C@@H]2OP(=O)(S)OC[C@H]2O[C@@H](n3cnc4c(N)ncnc43)[C@H](O1)[C@@H]2F. The Balaban J connectivity index is 1.35. The zero-order valence-electron chi connectivity index (χ0n) is 22.2. The number of aromatic amines is 1. The third-order valence-corrected chi connectivity index (χ3v) is 9.70. The van der Waals surface area contributed by atoms with E-state index in [1.807, 2.05) is 4.98 Å². The molecule has 0 radical (unpaired) electrons. The molecule has 3 aliphatic heterocycles. The van der Waals surface area contributed by atoms with E-state index < -0.39 is 88.3 Å². The lowest BCUT2D eigenvalue weighted by Crippen LogP contribution is -2.36. The second kappa shape index (κ2) is 12.0. The van der Waals surface area contributed by atoms with Gasteiger partial charge in [-0.25, -0.2) is 42.5 Å². The predicted octanol–water partition coefficient (Wildman–Crippen LogP) is 0.971. The van der Waals surface area contributed by atoms with Crippen LogP contribution in [0.3, 0.4) is 0 Å². The number of nitrogens with two attached hydrogens (primary N) is 1. The van der Waals surface area contributed by atoms with Crippen LogP contribution in [-0.2, 0) is 46.3 Å². The summed E-state index contributed by atoms with van der Waals surface area (Å²) in [7, 11) is -3.95. The number of phosphoric ester groups is 1. The van der Waals surface area contributed by atoms with Crippen molar-refractivity contribution in [1.82, 2.24) is 29.1 Å². The highest BCUT2D eigenvalue weighted by atomic mass is 32.7. The number of alkyl halides is 2. The fourth-order valence-corrected chi connectivity index (χ4v) is 7.51. The van der Waals surface area contributed by atoms with E-state index in [1.165, 1.54) is 10.9 Å². The van der Waals surface area contributed by atoms with Crippen LogP contribution in [0, 0.1) is 0 Å². The fourth-order valence-electron chi connectivity index (χ4n) is 4.85. The molecular weight excluding hydrogens is 662 g/mol. The lowest BCUT2D eigenvalue weighted by Gasteiger charge is -2.26. The first kappa shape index (κ1) is 31.4. The number of aromatic nitrogens is 6. The van der Waals surface area contributed by atoms with Crippen molar-refractivity contribution in [3.8, 4) is 0 Å². The topological polar surface area (TPSA) is 232 Å². The summed E-state index contributed by atoms with van der Waals surface area (Å²) in [5, 5.41) is 0. The Bertz CT molecular complexity index is 1760. The maximum absolute atomic E-state index is 15.9. The molecule has 3 aliphatic rings. The van der Waals surface area contributed by atoms with E-state index in [2.05, 4.69) is 32.1 Å². The molecule has 3 aromatic heterocycles. The standard InChI is InChI=1S/C20H23F2N7O12P2S/c1-34-41-42(32)35-5-9-14(12(22)18(38-9)28-3-2-10(30)27-20(28)31)40-43(33,44)36-4-8-11(21)15(39-42)19(37-8)29-7-26-13-16(23)24-6-25-17(13)29/h2-3,6-9,11-12,14-15,18-19H,4-5H2,1H3,(H,33,44)(H2,23,24,25)(H,27,30,31)/t8-,9-,11-,12-,14-,15-,18-,19-,42?,43?/m1/s1. The Morgan fingerprint density at radius 3 is 2.52 bits per heavy atom. The number of rotatable bonds is 4. The number of phosphoric acid groups is 1. The summed E-state index contributed by atoms with van der Waals surface area (Å²) >= 11 is 3.89. The largest absolute Gasteiger partial charge is 0.502 e. The molecule has 19 nitrogen and oxygen atoms in total. The first-order valence-corrected chi connectivity index (χ1v) is 16.7. The molecule has 24 heteroatoms. The Hall–Kier alpha value is -2.62. The quantitative estimate of drug-likeness (QED) is 0.150. The van der Waals surface area contributed by atoms with Gasteiger partial charge in [0.2, 0.25) is 0 Å². The van der Waals surface area contributed by atoms with E-state index in [-0.39, 0.29) is 17.0 Å². The number of thiol groups is 1. The minimum Gasteiger partial charge on any atom is -0.382 e. The third-order valence-electron chi connectivity index (χ3n) is 6.79. The molecule has 0 spiro atoms. The number of anilines is 1. The first-order valence-electron chi connectivity index (χ1n) is 12.5. The van der Waals surface area contributed by atoms with E-state index >= 15 is 8.78 Å². The average Bonchev–Trinajstić information content (AvgIpc) is 3.61. The minimum atomic E-state index is -4.92. The first-order chi connectivity index (χ1) is 20.9. The molecule has 2 unspecified atom stereocenters. The molecule has 3 N–H and O–H groups in total. The summed E-state index contributed by atoms with van der Waals surface area (Å²) in [6.45, 7) is -6.17. The second-order valence-corrected chi connectivity index (χ2v) is 13.9. The molecular formula is C20H23F2N7O12P2S. The Kier molecular flexibility index (Phi) is 8.52. The van der Waals surface area contributed by atoms with Gasteiger partial charge in [-0.1, -0.05) is 12.2 Å². The number of hydrogen-bond donors (Lipinski definition) is 3. The van der Waals surface area contributed by atoms with Crippen molar-refractivity contribution in [3.63, 3.8) is 0 Å². The van der Waals surface area contributed by atoms with Crippen molar-refractivity contribution in [1.29, 1.82) is 0 Å². The second-order valence-electron chi connectivity index (χ2n) is 9.51. The van der Waals surface area contributed by atoms with E-state index in [9.17, 15) is 18.7 Å². The smallest absolute Gasteiger partial charge is 0.382 e. The van der Waals surface area contributed by atoms with Gasteiger partial charge in [-0.15, -0.1) is 4.67 Å². The highest BCUT2D eigenvalue weighted by Crippen LogP contribution is 2.59. The fraction of sp³-hybridized carbons (Fsp3) is 0.550. The molecule has 2 bridgehead atoms. The van der Waals surface area contributed by atoms with Gasteiger partial charge >= 0.3 is 20.3 Å². The van der Waals surface area contributed by atoms with Crippen LogP contribution in [0.2, 0.25) is 0 Å². The zero-order chi connectivity index (χ0) is 31.4. The van der Waals surface area contributed by atoms with Crippen LogP contribution in [0.5, 0.6) is 0 Å². The number of nitrogen functional groups attached to an aromatic ring is 1. The summed E-state index contributed by atoms with van der Waals surface area (Å²) in [6.07, 6.45) is -11.1. The van der Waals surface area contributed by atoms with Gasteiger partial charge < -0.3 is 15.2 Å². The van der Waals surface area contributed by atoms with Gasteiger partial charge in [0.25, 0.3) is 5.56 Å². The molecule has 0 aliphatic carbocycles. The van der Waals surface area contributed by atoms with Crippen LogP contribution >= 0.6 is 26.9 Å². The molecule has 0 saturated carbocycles. The van der Waals surface area contributed by atoms with Crippen LogP contribution in [0.1, 0.15) is 12.5 Å². The van der Waals surface area contributed by atoms with Gasteiger partial charge in [-0.3, -0.25) is 37.0 Å². The lowest BCUT2D eigenvalue weighted by molar-refractivity contribution is -0.208. The molecule has 10 atom stereocenters. The summed E-state index contributed by atoms with van der Waals surface area (Å²) < 4.78 is 98.1. The Labute approximate surface area is 249 Å². The van der Waals surface area contributed by atoms with Gasteiger partial charge in [0.1, 0.15) is 36.3 Å². The third kappa shape index (κ3) is 5.87. The van der Waals surface area contributed by atoms with Crippen molar-refractivity contribution in [2.45, 2.75) is 49.2 Å². The molecule has 44 heavy (non-hydrogen) atoms. The highest BCUT2D eigenvalue weighted by Gasteiger charge is 2.55. The number of nitrogens with one attached hydrogen (secondary N) is 1. The normalized spacial score (nSPS) is 38.1. The van der Waals surface area contributed by atoms with E-state index in [1.54, 1.807) is 0 Å². The van der Waals surface area contributed by atoms with E-state index in [0.717, 1.165) is 25.7 Å². The molecule has 6 rings (SSSR count). The molecule has 0 aromatic carbocycles. The van der Waals surface area contributed by atoms with Crippen LogP contribution in [0.15, 0.2) is 34.5 Å². The summed E-state index contributed by atoms with van der Waals surface area (Å²) in [5.74, 6) is 0.00707. The maximum Gasteiger partial charge on any atom is 0.502 e. The average molecular weight is 685 g/mol. The van der Waals surface area contributed by atoms with E-state index in [0.29, 0.717) is 4.57 Å². The minimum absolute atomic E-state index is 0.00707. The molecule has 3 aromatic rings. The Morgan fingerprint density at radius 2 is 1.77 bits per heavy atom. The zero-order valence-corrected chi connectivity index (χ0v) is 24.8. The summed E-state index contributed by atoms with van der Waals surface area (Å²) in [5.41, 5.74) is 4.29. The highest BCUT2D eigenvalue weighted by molar-refractivity contribution is 8.44. The number of halogens is 2. The molecule has 3 saturated heterocycles. The van der Waals surface area contributed by atoms with Gasteiger partial charge in [-0.2, -0.15) is 0 Å². The molecule has 240 valence electrons. The van der Waals surface area contributed by atoms with Crippen molar-refractivity contribution < 1.29 is 55.0 Å². The summed E-state index contributed by atoms with van der Waals surface area (Å²) in [4.78, 5) is 42.3. The van der Waals surface area contributed by atoms with E-state index in [4.69, 9.17) is 38.0 Å².